The molecular formula is C12H16F3N3S. The van der Waals surface area contributed by atoms with Crippen LogP contribution < -0.4 is 5.32 Å². The minimum atomic E-state index is -4.18. The number of alkyl halides is 3. The maximum Gasteiger partial charge on any atom is 0.400 e. The van der Waals surface area contributed by atoms with Crippen LogP contribution in [0.2, 0.25) is 0 Å². The van der Waals surface area contributed by atoms with Crippen molar-refractivity contribution in [1.29, 1.82) is 0 Å². The molecule has 1 aliphatic carbocycles. The van der Waals surface area contributed by atoms with Crippen LogP contribution in [0.3, 0.4) is 0 Å². The van der Waals surface area contributed by atoms with Gasteiger partial charge in [0.1, 0.15) is 15.4 Å². The Hall–Kier alpha value is -0.690. The van der Waals surface area contributed by atoms with E-state index in [2.05, 4.69) is 15.5 Å². The van der Waals surface area contributed by atoms with Crippen LogP contribution in [-0.2, 0) is 11.8 Å². The van der Waals surface area contributed by atoms with Gasteiger partial charge in [0.2, 0.25) is 0 Å². The number of rotatable bonds is 5. The van der Waals surface area contributed by atoms with E-state index < -0.39 is 11.6 Å². The van der Waals surface area contributed by atoms with Gasteiger partial charge in [0, 0.05) is 6.42 Å². The van der Waals surface area contributed by atoms with Crippen LogP contribution in [0.5, 0.6) is 0 Å². The van der Waals surface area contributed by atoms with Gasteiger partial charge in [-0.3, -0.25) is 0 Å². The van der Waals surface area contributed by atoms with Gasteiger partial charge in [-0.25, -0.2) is 0 Å². The molecule has 1 aromatic heterocycles. The number of aryl methyl sites for hydroxylation is 1. The van der Waals surface area contributed by atoms with Gasteiger partial charge in [-0.05, 0) is 44.7 Å². The second-order valence-corrected chi connectivity index (χ2v) is 6.56. The Bertz CT molecular complexity index is 449. The Morgan fingerprint density at radius 2 is 2.00 bits per heavy atom. The van der Waals surface area contributed by atoms with Crippen molar-refractivity contribution in [3.05, 3.63) is 10.0 Å². The normalized spacial score (nSPS) is 22.3. The van der Waals surface area contributed by atoms with Gasteiger partial charge < -0.3 is 5.32 Å². The van der Waals surface area contributed by atoms with E-state index in [1.807, 2.05) is 0 Å². The second-order valence-electron chi connectivity index (χ2n) is 5.50. The van der Waals surface area contributed by atoms with Crippen LogP contribution in [0.4, 0.5) is 13.2 Å². The molecule has 1 saturated carbocycles. The fourth-order valence-corrected chi connectivity index (χ4v) is 3.53. The van der Waals surface area contributed by atoms with Gasteiger partial charge in [0.25, 0.3) is 0 Å². The van der Waals surface area contributed by atoms with Crippen LogP contribution >= 0.6 is 11.3 Å². The minimum Gasteiger partial charge on any atom is -0.316 e. The van der Waals surface area contributed by atoms with Crippen molar-refractivity contribution in [3.63, 3.8) is 0 Å². The zero-order valence-electron chi connectivity index (χ0n) is 10.5. The lowest BCUT2D eigenvalue weighted by atomic mass is 9.97. The Balaban J connectivity index is 1.57. The van der Waals surface area contributed by atoms with Gasteiger partial charge in [-0.15, -0.1) is 21.5 Å². The largest absolute Gasteiger partial charge is 0.400 e. The molecule has 19 heavy (non-hydrogen) atoms. The van der Waals surface area contributed by atoms with Crippen LogP contribution in [0, 0.1) is 5.92 Å². The summed E-state index contributed by atoms with van der Waals surface area (Å²) in [6, 6.07) is 0. The van der Waals surface area contributed by atoms with Gasteiger partial charge in [0.05, 0.1) is 0 Å². The number of halogens is 3. The molecule has 1 saturated heterocycles. The quantitative estimate of drug-likeness (QED) is 0.906. The summed E-state index contributed by atoms with van der Waals surface area (Å²) in [5, 5.41) is 11.8. The molecule has 0 radical (unpaired) electrons. The van der Waals surface area contributed by atoms with Gasteiger partial charge in [-0.2, -0.15) is 13.2 Å². The average Bonchev–Trinajstić information content (AvgIpc) is 2.97. The highest BCUT2D eigenvalue weighted by atomic mass is 32.1. The summed E-state index contributed by atoms with van der Waals surface area (Å²) >= 11 is 1.15. The Morgan fingerprint density at radius 3 is 2.53 bits per heavy atom. The molecule has 1 aromatic rings. The van der Waals surface area contributed by atoms with E-state index >= 15 is 0 Å². The Labute approximate surface area is 113 Å². The molecule has 0 bridgehead atoms. The predicted octanol–water partition coefficient (Wildman–Crippen LogP) is 2.67. The molecular weight excluding hydrogens is 275 g/mol. The molecule has 0 atom stereocenters. The summed E-state index contributed by atoms with van der Waals surface area (Å²) in [6.45, 7) is 2.14. The summed E-state index contributed by atoms with van der Waals surface area (Å²) < 4.78 is 38.8. The second kappa shape index (κ2) is 4.70. The molecule has 3 nitrogen and oxygen atoms in total. The molecule has 1 aliphatic heterocycles. The fraction of sp³-hybridized carbons (Fsp3) is 0.833. The van der Waals surface area contributed by atoms with E-state index in [1.54, 1.807) is 0 Å². The van der Waals surface area contributed by atoms with E-state index in [1.165, 1.54) is 0 Å². The third-order valence-corrected chi connectivity index (χ3v) is 5.23. The molecule has 0 amide bonds. The summed E-state index contributed by atoms with van der Waals surface area (Å²) in [5.41, 5.74) is -1.67. The van der Waals surface area contributed by atoms with E-state index in [9.17, 15) is 13.2 Å². The van der Waals surface area contributed by atoms with Crippen molar-refractivity contribution in [1.82, 2.24) is 15.5 Å². The predicted molar refractivity (Wildman–Crippen MR) is 66.2 cm³/mol. The standard InChI is InChI=1S/C12H16F3N3S/c13-12(14,15)11(4-5-11)10-18-17-9(19-10)3-1-2-8-6-16-7-8/h8,16H,1-7H2. The van der Waals surface area contributed by atoms with E-state index in [-0.39, 0.29) is 17.8 Å². The third kappa shape index (κ3) is 2.50. The first-order valence-electron chi connectivity index (χ1n) is 6.61. The van der Waals surface area contributed by atoms with E-state index in [0.717, 1.165) is 54.6 Å². The molecule has 2 heterocycles. The van der Waals surface area contributed by atoms with E-state index in [4.69, 9.17) is 0 Å². The molecule has 7 heteroatoms. The molecule has 0 unspecified atom stereocenters. The lowest BCUT2D eigenvalue weighted by Gasteiger charge is -2.26. The fourth-order valence-electron chi connectivity index (χ4n) is 2.39. The molecule has 1 N–H and O–H groups in total. The highest BCUT2D eigenvalue weighted by Gasteiger charge is 2.66. The summed E-state index contributed by atoms with van der Waals surface area (Å²) in [6.07, 6.45) is -0.992. The SMILES string of the molecule is FC(F)(F)C1(c2nnc(CCCC3CNC3)s2)CC1. The van der Waals surface area contributed by atoms with Crippen LogP contribution in [-0.4, -0.2) is 29.5 Å². The molecule has 3 rings (SSSR count). The van der Waals surface area contributed by atoms with Gasteiger partial charge in [-0.1, -0.05) is 0 Å². The van der Waals surface area contributed by atoms with Crippen molar-refractivity contribution >= 4 is 11.3 Å². The summed E-state index contributed by atoms with van der Waals surface area (Å²) in [5.74, 6) is 0.734. The molecule has 106 valence electrons. The molecule has 0 spiro atoms. The van der Waals surface area contributed by atoms with Crippen LogP contribution in [0.15, 0.2) is 0 Å². The monoisotopic (exact) mass is 291 g/mol. The number of nitrogens with one attached hydrogen (secondary N) is 1. The maximum atomic E-state index is 12.9. The Kier molecular flexibility index (Phi) is 3.29. The van der Waals surface area contributed by atoms with Crippen molar-refractivity contribution in [3.8, 4) is 0 Å². The minimum absolute atomic E-state index is 0.166. The molecule has 0 aromatic carbocycles. The number of hydrogen-bond donors (Lipinski definition) is 1. The van der Waals surface area contributed by atoms with Crippen molar-refractivity contribution < 1.29 is 13.2 Å². The third-order valence-electron chi connectivity index (χ3n) is 4.04. The van der Waals surface area contributed by atoms with Gasteiger partial charge >= 0.3 is 6.18 Å². The van der Waals surface area contributed by atoms with Crippen molar-refractivity contribution in [2.45, 2.75) is 43.7 Å². The van der Waals surface area contributed by atoms with Crippen molar-refractivity contribution in [2.75, 3.05) is 13.1 Å². The van der Waals surface area contributed by atoms with Crippen LogP contribution in [0.1, 0.15) is 35.7 Å². The van der Waals surface area contributed by atoms with Crippen molar-refractivity contribution in [2.24, 2.45) is 5.92 Å². The zero-order chi connectivity index (χ0) is 13.5. The molecule has 2 fully saturated rings. The average molecular weight is 291 g/mol. The zero-order valence-corrected chi connectivity index (χ0v) is 11.3. The summed E-state index contributed by atoms with van der Waals surface area (Å²) in [7, 11) is 0. The highest BCUT2D eigenvalue weighted by molar-refractivity contribution is 7.11. The summed E-state index contributed by atoms with van der Waals surface area (Å²) in [4.78, 5) is 0. The number of nitrogens with zero attached hydrogens (tertiary/aromatic N) is 2. The molecule has 2 aliphatic rings. The van der Waals surface area contributed by atoms with Crippen LogP contribution in [0.25, 0.3) is 0 Å². The smallest absolute Gasteiger partial charge is 0.316 e. The van der Waals surface area contributed by atoms with E-state index in [0.29, 0.717) is 0 Å². The van der Waals surface area contributed by atoms with Gasteiger partial charge in [0.15, 0.2) is 0 Å². The maximum absolute atomic E-state index is 12.9. The number of hydrogen-bond acceptors (Lipinski definition) is 4. The Morgan fingerprint density at radius 1 is 1.26 bits per heavy atom. The topological polar surface area (TPSA) is 37.8 Å². The first kappa shape index (κ1) is 13.3. The highest BCUT2D eigenvalue weighted by Crippen LogP contribution is 2.59. The lowest BCUT2D eigenvalue weighted by Crippen LogP contribution is -2.41. The lowest BCUT2D eigenvalue weighted by molar-refractivity contribution is -0.160. The first-order chi connectivity index (χ1) is 9.01. The number of aromatic nitrogens is 2. The first-order valence-corrected chi connectivity index (χ1v) is 7.43.